The number of aliphatic carboxylic acids is 5. The second-order valence-electron chi connectivity index (χ2n) is 2.46. The maximum Gasteiger partial charge on any atom is 5.00 e. The van der Waals surface area contributed by atoms with Gasteiger partial charge in [-0.1, -0.05) is 0 Å². The van der Waals surface area contributed by atoms with Crippen molar-refractivity contribution >= 4 is 29.8 Å². The Bertz CT molecular complexity index is 211. The molecule has 0 unspecified atom stereocenters. The molecule has 0 aromatic carbocycles. The second kappa shape index (κ2) is 30.7. The molecular weight excluding hydrogens is 336 g/mol. The SMILES string of the molecule is CC(=O)[O-].CC(=O)[O-].CC(=O)[O-].CC(=O)[O-].CC(=O)[O-].[Fe+5]. The Balaban J connectivity index is -0.0000000331. The Morgan fingerprint density at radius 2 is 0.429 bits per heavy atom. The minimum Gasteiger partial charge on any atom is -0.550 e. The van der Waals surface area contributed by atoms with Gasteiger partial charge in [-0.3, -0.25) is 0 Å². The molecule has 0 spiro atoms. The van der Waals surface area contributed by atoms with E-state index in [4.69, 9.17) is 49.5 Å². The van der Waals surface area contributed by atoms with Crippen molar-refractivity contribution < 1.29 is 66.6 Å². The first-order chi connectivity index (χ1) is 8.66. The first-order valence-electron chi connectivity index (χ1n) is 4.54. The van der Waals surface area contributed by atoms with Gasteiger partial charge in [-0.2, -0.15) is 0 Å². The third-order valence-electron chi connectivity index (χ3n) is 0. The molecule has 0 heterocycles. The van der Waals surface area contributed by atoms with Crippen LogP contribution in [0.2, 0.25) is 0 Å². The fourth-order valence-electron chi connectivity index (χ4n) is 0. The van der Waals surface area contributed by atoms with Crippen molar-refractivity contribution in [3.63, 3.8) is 0 Å². The molecule has 0 aromatic heterocycles. The number of carboxylic acids is 5. The molecule has 0 saturated carbocycles. The van der Waals surface area contributed by atoms with Gasteiger partial charge in [0.1, 0.15) is 0 Å². The number of rotatable bonds is 0. The van der Waals surface area contributed by atoms with E-state index in [1.54, 1.807) is 0 Å². The van der Waals surface area contributed by atoms with Crippen LogP contribution < -0.4 is 25.5 Å². The normalized spacial score (nSPS) is 5.95. The van der Waals surface area contributed by atoms with Gasteiger partial charge in [0.25, 0.3) is 0 Å². The molecule has 0 N–H and O–H groups in total. The molecule has 1 radical (unpaired) electrons. The van der Waals surface area contributed by atoms with Crippen molar-refractivity contribution in [2.45, 2.75) is 34.6 Å². The van der Waals surface area contributed by atoms with Crippen LogP contribution >= 0.6 is 0 Å². The van der Waals surface area contributed by atoms with Crippen LogP contribution in [0.15, 0.2) is 0 Å². The third kappa shape index (κ3) is 991. The van der Waals surface area contributed by atoms with Crippen molar-refractivity contribution in [2.24, 2.45) is 0 Å². The van der Waals surface area contributed by atoms with Crippen molar-refractivity contribution in [3.8, 4) is 0 Å². The Labute approximate surface area is 131 Å². The van der Waals surface area contributed by atoms with Crippen molar-refractivity contribution in [3.05, 3.63) is 0 Å². The first kappa shape index (κ1) is 36.4. The monoisotopic (exact) mass is 351 g/mol. The summed E-state index contributed by atoms with van der Waals surface area (Å²) in [5.74, 6) is -5.42. The van der Waals surface area contributed by atoms with E-state index >= 15 is 0 Å². The first-order valence-corrected chi connectivity index (χ1v) is 4.54. The van der Waals surface area contributed by atoms with Crippen LogP contribution in [0.25, 0.3) is 0 Å². The van der Waals surface area contributed by atoms with E-state index in [0.29, 0.717) is 0 Å². The summed E-state index contributed by atoms with van der Waals surface area (Å²) in [5.41, 5.74) is 0. The maximum atomic E-state index is 8.89. The molecule has 0 atom stereocenters. The number of carbonyl (C=O) groups is 5. The van der Waals surface area contributed by atoms with Gasteiger partial charge in [-0.25, -0.2) is 0 Å². The summed E-state index contributed by atoms with van der Waals surface area (Å²) < 4.78 is 0. The molecule has 10 nitrogen and oxygen atoms in total. The van der Waals surface area contributed by atoms with E-state index in [0.717, 1.165) is 34.6 Å². The molecule has 21 heavy (non-hydrogen) atoms. The van der Waals surface area contributed by atoms with Gasteiger partial charge in [0.2, 0.25) is 0 Å². The van der Waals surface area contributed by atoms with Gasteiger partial charge in [-0.15, -0.1) is 0 Å². The van der Waals surface area contributed by atoms with Crippen molar-refractivity contribution in [1.82, 2.24) is 0 Å². The zero-order valence-electron chi connectivity index (χ0n) is 11.9. The largest absolute Gasteiger partial charge is 5.00 e. The number of hydrogen-bond acceptors (Lipinski definition) is 10. The standard InChI is InChI=1S/5C2H4O2.Fe/c5*1-2(3)4;/h5*1H3,(H,3,4);/q;;;;;+5/p-5. The zero-order valence-corrected chi connectivity index (χ0v) is 13.0. The molecule has 0 saturated heterocycles. The molecule has 11 heteroatoms. The molecule has 0 aliphatic rings. The Kier molecular flexibility index (Phi) is 53.2. The average molecular weight is 351 g/mol. The number of carbonyl (C=O) groups excluding carboxylic acids is 5. The summed E-state index contributed by atoms with van der Waals surface area (Å²) in [7, 11) is 0. The van der Waals surface area contributed by atoms with E-state index in [1.165, 1.54) is 0 Å². The minimum absolute atomic E-state index is 0. The van der Waals surface area contributed by atoms with Crippen molar-refractivity contribution in [2.75, 3.05) is 0 Å². The molecule has 0 rings (SSSR count). The van der Waals surface area contributed by atoms with E-state index in [2.05, 4.69) is 0 Å². The van der Waals surface area contributed by atoms with Gasteiger partial charge >= 0.3 is 17.1 Å². The number of carboxylic acid groups (broad SMARTS) is 5. The number of hydrogen-bond donors (Lipinski definition) is 0. The van der Waals surface area contributed by atoms with Crippen LogP contribution in [0, 0.1) is 0 Å². The van der Waals surface area contributed by atoms with E-state index < -0.39 is 29.8 Å². The smallest absolute Gasteiger partial charge is 0.550 e. The second-order valence-corrected chi connectivity index (χ2v) is 2.46. The van der Waals surface area contributed by atoms with Gasteiger partial charge < -0.3 is 49.5 Å². The predicted molar refractivity (Wildman–Crippen MR) is 53.4 cm³/mol. The fraction of sp³-hybridized carbons (Fsp3) is 0.500. The summed E-state index contributed by atoms with van der Waals surface area (Å²) in [6, 6.07) is 0. The average Bonchev–Trinajstić information content (AvgIpc) is 1.94. The summed E-state index contributed by atoms with van der Waals surface area (Å²) in [5, 5.41) is 44.4. The zero-order chi connectivity index (χ0) is 17.9. The summed E-state index contributed by atoms with van der Waals surface area (Å²) >= 11 is 0. The van der Waals surface area contributed by atoms with Gasteiger partial charge in [0.05, 0.1) is 0 Å². The third-order valence-corrected chi connectivity index (χ3v) is 0. The van der Waals surface area contributed by atoms with Crippen molar-refractivity contribution in [1.29, 1.82) is 0 Å². The quantitative estimate of drug-likeness (QED) is 0.378. The van der Waals surface area contributed by atoms with Crippen LogP contribution in [0.1, 0.15) is 34.6 Å². The Morgan fingerprint density at radius 3 is 0.429 bits per heavy atom. The molecule has 123 valence electrons. The van der Waals surface area contributed by atoms with E-state index in [9.17, 15) is 0 Å². The molecule has 0 aliphatic heterocycles. The van der Waals surface area contributed by atoms with E-state index in [-0.39, 0.29) is 17.1 Å². The summed E-state index contributed by atoms with van der Waals surface area (Å²) in [4.78, 5) is 44.4. The predicted octanol–water partition coefficient (Wildman–Crippen LogP) is -6.22. The minimum atomic E-state index is -1.08. The van der Waals surface area contributed by atoms with Gasteiger partial charge in [0.15, 0.2) is 0 Å². The Morgan fingerprint density at radius 1 is 0.429 bits per heavy atom. The van der Waals surface area contributed by atoms with Crippen LogP contribution in [-0.2, 0) is 41.0 Å². The van der Waals surface area contributed by atoms with Crippen LogP contribution in [0.4, 0.5) is 0 Å². The van der Waals surface area contributed by atoms with Gasteiger partial charge in [-0.05, 0) is 34.6 Å². The van der Waals surface area contributed by atoms with Crippen LogP contribution in [0.5, 0.6) is 0 Å². The molecule has 0 fully saturated rings. The topological polar surface area (TPSA) is 201 Å². The van der Waals surface area contributed by atoms with Crippen LogP contribution in [0.3, 0.4) is 0 Å². The molecule has 0 aliphatic carbocycles. The molecular formula is C10H15FeO10. The van der Waals surface area contributed by atoms with Gasteiger partial charge in [0, 0.05) is 29.8 Å². The van der Waals surface area contributed by atoms with E-state index in [1.807, 2.05) is 0 Å². The maximum absolute atomic E-state index is 8.89. The summed E-state index contributed by atoms with van der Waals surface area (Å²) in [6.07, 6.45) is 0. The summed E-state index contributed by atoms with van der Waals surface area (Å²) in [6.45, 7) is 4.86. The molecule has 0 bridgehead atoms. The molecule has 0 amide bonds. The van der Waals surface area contributed by atoms with Crippen LogP contribution in [-0.4, -0.2) is 29.8 Å². The molecule has 0 aromatic rings. The fourth-order valence-corrected chi connectivity index (χ4v) is 0. The Hall–Kier alpha value is -2.13.